The van der Waals surface area contributed by atoms with Gasteiger partial charge in [-0.1, -0.05) is 12.1 Å². The Morgan fingerprint density at radius 3 is 2.42 bits per heavy atom. The van der Waals surface area contributed by atoms with Crippen molar-refractivity contribution in [1.82, 2.24) is 5.48 Å². The summed E-state index contributed by atoms with van der Waals surface area (Å²) in [7, 11) is 0. The van der Waals surface area contributed by atoms with Crippen LogP contribution in [0, 0.1) is 0 Å². The molecule has 19 heavy (non-hydrogen) atoms. The molecule has 1 aromatic carbocycles. The first-order valence-corrected chi connectivity index (χ1v) is 5.60. The number of alkyl halides is 3. The molecule has 1 aromatic rings. The number of hydroxylamine groups is 1. The summed E-state index contributed by atoms with van der Waals surface area (Å²) in [6.45, 7) is 0.868. The van der Waals surface area contributed by atoms with Crippen LogP contribution in [0.15, 0.2) is 24.3 Å². The van der Waals surface area contributed by atoms with Crippen molar-refractivity contribution < 1.29 is 27.5 Å². The van der Waals surface area contributed by atoms with E-state index in [1.807, 2.05) is 6.92 Å². The van der Waals surface area contributed by atoms with Gasteiger partial charge >= 0.3 is 6.18 Å². The summed E-state index contributed by atoms with van der Waals surface area (Å²) in [6.07, 6.45) is -4.53. The molecule has 0 bridgehead atoms. The zero-order valence-corrected chi connectivity index (χ0v) is 10.3. The van der Waals surface area contributed by atoms with Crippen LogP contribution in [0.4, 0.5) is 13.2 Å². The lowest BCUT2D eigenvalue weighted by atomic mass is 10.1. The van der Waals surface area contributed by atoms with Crippen molar-refractivity contribution in [3.8, 4) is 5.75 Å². The average Bonchev–Trinajstić information content (AvgIpc) is 2.30. The highest BCUT2D eigenvalue weighted by Gasteiger charge is 2.28. The van der Waals surface area contributed by atoms with Crippen molar-refractivity contribution in [2.24, 2.45) is 0 Å². The Kier molecular flexibility index (Phi) is 5.62. The minimum Gasteiger partial charge on any atom is -0.494 e. The number of hydrogen-bond acceptors (Lipinski definition) is 3. The maximum Gasteiger partial charge on any atom is 0.414 e. The van der Waals surface area contributed by atoms with E-state index in [-0.39, 0.29) is 6.42 Å². The second-order valence-electron chi connectivity index (χ2n) is 3.68. The number of carbonyl (C=O) groups is 1. The molecule has 1 N–H and O–H groups in total. The van der Waals surface area contributed by atoms with Crippen LogP contribution in [0.2, 0.25) is 0 Å². The first-order valence-electron chi connectivity index (χ1n) is 5.60. The van der Waals surface area contributed by atoms with Gasteiger partial charge < -0.3 is 4.74 Å². The summed E-state index contributed by atoms with van der Waals surface area (Å²) in [5.41, 5.74) is 2.39. The fourth-order valence-corrected chi connectivity index (χ4v) is 1.29. The van der Waals surface area contributed by atoms with Gasteiger partial charge in [0, 0.05) is 0 Å². The van der Waals surface area contributed by atoms with Crippen LogP contribution < -0.4 is 10.2 Å². The summed E-state index contributed by atoms with van der Waals surface area (Å²) >= 11 is 0. The molecular weight excluding hydrogens is 263 g/mol. The summed E-state index contributed by atoms with van der Waals surface area (Å²) < 4.78 is 40.5. The molecule has 0 spiro atoms. The van der Waals surface area contributed by atoms with Gasteiger partial charge in [-0.3, -0.25) is 9.63 Å². The molecule has 1 amide bonds. The number of hydrogen-bond donors (Lipinski definition) is 1. The van der Waals surface area contributed by atoms with Crippen LogP contribution in [0.1, 0.15) is 12.5 Å². The van der Waals surface area contributed by atoms with Crippen LogP contribution >= 0.6 is 0 Å². The molecule has 0 saturated carbocycles. The Bertz CT molecular complexity index is 404. The Morgan fingerprint density at radius 2 is 1.89 bits per heavy atom. The highest BCUT2D eigenvalue weighted by Crippen LogP contribution is 2.14. The van der Waals surface area contributed by atoms with Crippen molar-refractivity contribution in [3.05, 3.63) is 29.8 Å². The fourth-order valence-electron chi connectivity index (χ4n) is 1.29. The number of halogens is 3. The monoisotopic (exact) mass is 277 g/mol. The summed E-state index contributed by atoms with van der Waals surface area (Å²) in [5, 5.41) is 0. The third-order valence-electron chi connectivity index (χ3n) is 2.02. The number of amides is 1. The quantitative estimate of drug-likeness (QED) is 0.811. The molecule has 0 heterocycles. The first kappa shape index (κ1) is 15.3. The van der Waals surface area contributed by atoms with E-state index in [1.165, 1.54) is 0 Å². The SMILES string of the molecule is CCOc1ccc(CC(=O)NOCC(F)(F)F)cc1. The molecule has 7 heteroatoms. The zero-order valence-electron chi connectivity index (χ0n) is 10.3. The van der Waals surface area contributed by atoms with Crippen LogP contribution in [-0.4, -0.2) is 25.3 Å². The van der Waals surface area contributed by atoms with Crippen molar-refractivity contribution >= 4 is 5.91 Å². The van der Waals surface area contributed by atoms with Crippen molar-refractivity contribution in [3.63, 3.8) is 0 Å². The molecule has 0 saturated heterocycles. The van der Waals surface area contributed by atoms with E-state index in [2.05, 4.69) is 4.84 Å². The Labute approximate surface area is 108 Å². The smallest absolute Gasteiger partial charge is 0.414 e. The lowest BCUT2D eigenvalue weighted by Crippen LogP contribution is -2.30. The van der Waals surface area contributed by atoms with Gasteiger partial charge in [-0.05, 0) is 24.6 Å². The zero-order chi connectivity index (χ0) is 14.3. The Balaban J connectivity index is 2.35. The summed E-state index contributed by atoms with van der Waals surface area (Å²) in [6, 6.07) is 6.69. The molecule has 0 unspecified atom stereocenters. The van der Waals surface area contributed by atoms with Gasteiger partial charge in [0.15, 0.2) is 6.61 Å². The molecule has 0 aliphatic rings. The minimum atomic E-state index is -4.47. The summed E-state index contributed by atoms with van der Waals surface area (Å²) in [5.74, 6) is 0.0217. The number of ether oxygens (including phenoxy) is 1. The lowest BCUT2D eigenvalue weighted by molar-refractivity contribution is -0.191. The maximum atomic E-state index is 11.8. The standard InChI is InChI=1S/C12H14F3NO3/c1-2-18-10-5-3-9(4-6-10)7-11(17)16-19-8-12(13,14)15/h3-6H,2,7-8H2,1H3,(H,16,17). The first-order chi connectivity index (χ1) is 8.90. The number of nitrogens with one attached hydrogen (secondary N) is 1. The molecule has 106 valence electrons. The fraction of sp³-hybridized carbons (Fsp3) is 0.417. The Morgan fingerprint density at radius 1 is 1.26 bits per heavy atom. The van der Waals surface area contributed by atoms with E-state index < -0.39 is 18.7 Å². The van der Waals surface area contributed by atoms with E-state index in [4.69, 9.17) is 4.74 Å². The van der Waals surface area contributed by atoms with Gasteiger partial charge in [0.25, 0.3) is 0 Å². The third kappa shape index (κ3) is 6.66. The van der Waals surface area contributed by atoms with Crippen LogP contribution in [0.3, 0.4) is 0 Å². The largest absolute Gasteiger partial charge is 0.494 e. The number of rotatable bonds is 6. The predicted molar refractivity (Wildman–Crippen MR) is 61.5 cm³/mol. The van der Waals surface area contributed by atoms with Crippen molar-refractivity contribution in [1.29, 1.82) is 0 Å². The van der Waals surface area contributed by atoms with E-state index in [1.54, 1.807) is 29.7 Å². The number of carbonyl (C=O) groups excluding carboxylic acids is 1. The van der Waals surface area contributed by atoms with Crippen LogP contribution in [-0.2, 0) is 16.1 Å². The minimum absolute atomic E-state index is 0.0652. The van der Waals surface area contributed by atoms with Crippen molar-refractivity contribution in [2.75, 3.05) is 13.2 Å². The van der Waals surface area contributed by atoms with E-state index in [0.717, 1.165) is 0 Å². The lowest BCUT2D eigenvalue weighted by Gasteiger charge is -2.08. The topological polar surface area (TPSA) is 47.6 Å². The maximum absolute atomic E-state index is 11.8. The van der Waals surface area contributed by atoms with E-state index in [0.29, 0.717) is 17.9 Å². The normalized spacial score (nSPS) is 11.2. The Hall–Kier alpha value is -1.76. The third-order valence-corrected chi connectivity index (χ3v) is 2.02. The molecular formula is C12H14F3NO3. The highest BCUT2D eigenvalue weighted by molar-refractivity contribution is 5.77. The second kappa shape index (κ2) is 6.98. The van der Waals surface area contributed by atoms with Crippen molar-refractivity contribution in [2.45, 2.75) is 19.5 Å². The molecule has 0 fully saturated rings. The van der Waals surface area contributed by atoms with Crippen LogP contribution in [0.25, 0.3) is 0 Å². The molecule has 0 atom stereocenters. The van der Waals surface area contributed by atoms with Gasteiger partial charge in [0.05, 0.1) is 13.0 Å². The average molecular weight is 277 g/mol. The number of benzene rings is 1. The van der Waals surface area contributed by atoms with Crippen LogP contribution in [0.5, 0.6) is 5.75 Å². The molecule has 4 nitrogen and oxygen atoms in total. The highest BCUT2D eigenvalue weighted by atomic mass is 19.4. The van der Waals surface area contributed by atoms with Gasteiger partial charge in [-0.2, -0.15) is 13.2 Å². The predicted octanol–water partition coefficient (Wildman–Crippen LogP) is 2.24. The molecule has 1 rings (SSSR count). The molecule has 0 radical (unpaired) electrons. The van der Waals surface area contributed by atoms with E-state index in [9.17, 15) is 18.0 Å². The van der Waals surface area contributed by atoms with E-state index >= 15 is 0 Å². The molecule has 0 aromatic heterocycles. The second-order valence-corrected chi connectivity index (χ2v) is 3.68. The van der Waals surface area contributed by atoms with Gasteiger partial charge in [0.2, 0.25) is 5.91 Å². The van der Waals surface area contributed by atoms with Gasteiger partial charge in [-0.15, -0.1) is 0 Å². The summed E-state index contributed by atoms with van der Waals surface area (Å²) in [4.78, 5) is 15.3. The molecule has 0 aliphatic carbocycles. The van der Waals surface area contributed by atoms with Gasteiger partial charge in [0.1, 0.15) is 5.75 Å². The molecule has 0 aliphatic heterocycles. The van der Waals surface area contributed by atoms with Gasteiger partial charge in [-0.25, -0.2) is 5.48 Å².